The van der Waals surface area contributed by atoms with Crippen LogP contribution in [-0.4, -0.2) is 0 Å². The van der Waals surface area contributed by atoms with Crippen molar-refractivity contribution in [2.75, 3.05) is 0 Å². The highest BCUT2D eigenvalue weighted by molar-refractivity contribution is 5.96. The summed E-state index contributed by atoms with van der Waals surface area (Å²) in [5.74, 6) is 0. The highest BCUT2D eigenvalue weighted by Gasteiger charge is 2.23. The van der Waals surface area contributed by atoms with Crippen molar-refractivity contribution in [3.8, 4) is 11.1 Å². The summed E-state index contributed by atoms with van der Waals surface area (Å²) in [6, 6.07) is 15.7. The summed E-state index contributed by atoms with van der Waals surface area (Å²) in [4.78, 5) is 0. The van der Waals surface area contributed by atoms with Crippen molar-refractivity contribution in [1.82, 2.24) is 0 Å². The molecule has 0 amide bonds. The highest BCUT2D eigenvalue weighted by Crippen LogP contribution is 2.43. The van der Waals surface area contributed by atoms with Gasteiger partial charge in [-0.1, -0.05) is 42.5 Å². The summed E-state index contributed by atoms with van der Waals surface area (Å²) in [6.45, 7) is 6.74. The summed E-state index contributed by atoms with van der Waals surface area (Å²) >= 11 is 0. The number of rotatable bonds is 0. The van der Waals surface area contributed by atoms with Gasteiger partial charge in [0.15, 0.2) is 0 Å². The molecule has 0 nitrogen and oxygen atoms in total. The third kappa shape index (κ3) is 1.42. The van der Waals surface area contributed by atoms with Gasteiger partial charge >= 0.3 is 0 Å². The van der Waals surface area contributed by atoms with Gasteiger partial charge in [-0.3, -0.25) is 0 Å². The lowest BCUT2D eigenvalue weighted by molar-refractivity contribution is 1.21. The summed E-state index contributed by atoms with van der Waals surface area (Å²) in [5, 5.41) is 2.76. The maximum absolute atomic E-state index is 2.38. The average Bonchev–Trinajstić information content (AvgIpc) is 2.83. The molecule has 0 saturated heterocycles. The predicted octanol–water partition coefficient (Wildman–Crippen LogP) is 5.34. The Hall–Kier alpha value is -2.08. The largest absolute Gasteiger partial charge is 0.0616 e. The lowest BCUT2D eigenvalue weighted by Gasteiger charge is -2.12. The Morgan fingerprint density at radius 1 is 0.850 bits per heavy atom. The Labute approximate surface area is 120 Å². The molecule has 0 N–H and O–H groups in total. The fourth-order valence-corrected chi connectivity index (χ4v) is 3.63. The molecule has 3 aromatic carbocycles. The van der Waals surface area contributed by atoms with E-state index in [1.807, 2.05) is 0 Å². The summed E-state index contributed by atoms with van der Waals surface area (Å²) < 4.78 is 0. The van der Waals surface area contributed by atoms with Crippen LogP contribution in [0.3, 0.4) is 0 Å². The molecule has 0 unspecified atom stereocenters. The molecule has 0 bridgehead atoms. The molecule has 0 radical (unpaired) electrons. The van der Waals surface area contributed by atoms with Gasteiger partial charge < -0.3 is 0 Å². The number of benzene rings is 3. The number of aryl methyl sites for hydroxylation is 1. The molecule has 0 atom stereocenters. The Morgan fingerprint density at radius 3 is 2.50 bits per heavy atom. The van der Waals surface area contributed by atoms with E-state index in [1.165, 1.54) is 49.7 Å². The third-order valence-corrected chi connectivity index (χ3v) is 4.92. The maximum Gasteiger partial charge on any atom is -0.000708 e. The molecule has 4 rings (SSSR count). The van der Waals surface area contributed by atoms with Crippen LogP contribution in [0.25, 0.3) is 21.9 Å². The van der Waals surface area contributed by atoms with Gasteiger partial charge in [0, 0.05) is 0 Å². The first kappa shape index (κ1) is 11.7. The summed E-state index contributed by atoms with van der Waals surface area (Å²) in [6.07, 6.45) is 1.08. The molecule has 3 aromatic rings. The molecule has 0 spiro atoms. The summed E-state index contributed by atoms with van der Waals surface area (Å²) in [7, 11) is 0. The topological polar surface area (TPSA) is 0 Å². The minimum Gasteiger partial charge on any atom is -0.0616 e. The van der Waals surface area contributed by atoms with Crippen LogP contribution < -0.4 is 0 Å². The van der Waals surface area contributed by atoms with Crippen molar-refractivity contribution in [2.24, 2.45) is 0 Å². The Bertz CT molecular complexity index is 854. The average molecular weight is 258 g/mol. The van der Waals surface area contributed by atoms with Crippen LogP contribution in [0.4, 0.5) is 0 Å². The Balaban J connectivity index is 2.10. The molecule has 0 heteroatoms. The molecule has 1 aliphatic rings. The highest BCUT2D eigenvalue weighted by atomic mass is 14.3. The first-order chi connectivity index (χ1) is 9.66. The van der Waals surface area contributed by atoms with Gasteiger partial charge in [-0.15, -0.1) is 0 Å². The van der Waals surface area contributed by atoms with Crippen LogP contribution in [0, 0.1) is 20.8 Å². The van der Waals surface area contributed by atoms with Gasteiger partial charge in [-0.2, -0.15) is 0 Å². The van der Waals surface area contributed by atoms with Crippen LogP contribution in [-0.2, 0) is 6.42 Å². The van der Waals surface area contributed by atoms with Crippen LogP contribution in [0.1, 0.15) is 27.8 Å². The van der Waals surface area contributed by atoms with Crippen molar-refractivity contribution < 1.29 is 0 Å². The second-order valence-electron chi connectivity index (χ2n) is 5.97. The number of hydrogen-bond acceptors (Lipinski definition) is 0. The minimum atomic E-state index is 1.08. The van der Waals surface area contributed by atoms with Gasteiger partial charge in [0.1, 0.15) is 0 Å². The molecular weight excluding hydrogens is 240 g/mol. The monoisotopic (exact) mass is 258 g/mol. The lowest BCUT2D eigenvalue weighted by atomic mass is 9.93. The van der Waals surface area contributed by atoms with Crippen molar-refractivity contribution in [3.05, 3.63) is 70.3 Å². The quantitative estimate of drug-likeness (QED) is 0.399. The standard InChI is InChI=1S/C20H18/c1-12-10-16-11-19-17-7-5-4-6-15(17)8-9-18(19)20(16)14(3)13(12)2/h4-10H,11H2,1-3H3. The van der Waals surface area contributed by atoms with E-state index >= 15 is 0 Å². The second-order valence-corrected chi connectivity index (χ2v) is 5.97. The van der Waals surface area contributed by atoms with Crippen LogP contribution in [0.2, 0.25) is 0 Å². The molecule has 20 heavy (non-hydrogen) atoms. The molecule has 1 aliphatic carbocycles. The minimum absolute atomic E-state index is 1.08. The zero-order valence-corrected chi connectivity index (χ0v) is 12.2. The fourth-order valence-electron chi connectivity index (χ4n) is 3.63. The van der Waals surface area contributed by atoms with E-state index in [4.69, 9.17) is 0 Å². The molecule has 0 heterocycles. The molecule has 98 valence electrons. The van der Waals surface area contributed by atoms with E-state index in [9.17, 15) is 0 Å². The second kappa shape index (κ2) is 3.96. The van der Waals surface area contributed by atoms with E-state index in [-0.39, 0.29) is 0 Å². The maximum atomic E-state index is 2.38. The fraction of sp³-hybridized carbons (Fsp3) is 0.200. The predicted molar refractivity (Wildman–Crippen MR) is 86.4 cm³/mol. The van der Waals surface area contributed by atoms with Gasteiger partial charge in [-0.05, 0) is 76.9 Å². The third-order valence-electron chi connectivity index (χ3n) is 4.92. The smallest absolute Gasteiger partial charge is 0.000708 e. The van der Waals surface area contributed by atoms with Gasteiger partial charge in [0.2, 0.25) is 0 Å². The Morgan fingerprint density at radius 2 is 1.65 bits per heavy atom. The SMILES string of the molecule is Cc1cc2c(c(C)c1C)-c1ccc3ccccc3c1C2. The van der Waals surface area contributed by atoms with Gasteiger partial charge in [0.05, 0.1) is 0 Å². The van der Waals surface area contributed by atoms with Crippen molar-refractivity contribution in [3.63, 3.8) is 0 Å². The molecule has 0 aromatic heterocycles. The lowest BCUT2D eigenvalue weighted by Crippen LogP contribution is -1.92. The normalized spacial score (nSPS) is 12.6. The van der Waals surface area contributed by atoms with Crippen LogP contribution in [0.5, 0.6) is 0 Å². The zero-order chi connectivity index (χ0) is 13.9. The molecule has 0 aliphatic heterocycles. The van der Waals surface area contributed by atoms with E-state index in [0.717, 1.165) is 6.42 Å². The zero-order valence-electron chi connectivity index (χ0n) is 12.2. The first-order valence-electron chi connectivity index (χ1n) is 7.27. The number of fused-ring (bicyclic) bond motifs is 5. The van der Waals surface area contributed by atoms with E-state index in [1.54, 1.807) is 0 Å². The van der Waals surface area contributed by atoms with Gasteiger partial charge in [0.25, 0.3) is 0 Å². The van der Waals surface area contributed by atoms with Crippen molar-refractivity contribution >= 4 is 10.8 Å². The van der Waals surface area contributed by atoms with Crippen molar-refractivity contribution in [2.45, 2.75) is 27.2 Å². The first-order valence-corrected chi connectivity index (χ1v) is 7.27. The van der Waals surface area contributed by atoms with E-state index in [2.05, 4.69) is 63.2 Å². The summed E-state index contributed by atoms with van der Waals surface area (Å²) in [5.41, 5.74) is 10.2. The van der Waals surface area contributed by atoms with E-state index < -0.39 is 0 Å². The number of hydrogen-bond donors (Lipinski definition) is 0. The molecule has 0 fully saturated rings. The van der Waals surface area contributed by atoms with Gasteiger partial charge in [-0.25, -0.2) is 0 Å². The Kier molecular flexibility index (Phi) is 2.32. The van der Waals surface area contributed by atoms with Crippen molar-refractivity contribution in [1.29, 1.82) is 0 Å². The van der Waals surface area contributed by atoms with Crippen LogP contribution in [0.15, 0.2) is 42.5 Å². The van der Waals surface area contributed by atoms with Crippen LogP contribution >= 0.6 is 0 Å². The van der Waals surface area contributed by atoms with E-state index in [0.29, 0.717) is 0 Å². The molecule has 0 saturated carbocycles. The molecular formula is C20H18.